The fourth-order valence-corrected chi connectivity index (χ4v) is 2.70. The average molecular weight is 330 g/mol. The maximum Gasteiger partial charge on any atom is 0.125 e. The lowest BCUT2D eigenvalue weighted by molar-refractivity contribution is 0.759. The predicted molar refractivity (Wildman–Crippen MR) is 81.6 cm³/mol. The van der Waals surface area contributed by atoms with Crippen LogP contribution in [0.1, 0.15) is 11.4 Å². The molecule has 4 nitrogen and oxygen atoms in total. The Labute approximate surface area is 130 Å². The fraction of sp³-hybridized carbons (Fsp3) is 0.231. The number of rotatable bonds is 3. The van der Waals surface area contributed by atoms with E-state index < -0.39 is 0 Å². The summed E-state index contributed by atoms with van der Waals surface area (Å²) in [6, 6.07) is 3.58. The lowest BCUT2D eigenvalue weighted by Crippen LogP contribution is -2.03. The van der Waals surface area contributed by atoms with Crippen molar-refractivity contribution in [2.24, 2.45) is 7.05 Å². The molecule has 0 unspecified atom stereocenters. The molecule has 0 saturated carbocycles. The van der Waals surface area contributed by atoms with Crippen LogP contribution in [0.5, 0.6) is 0 Å². The number of benzene rings is 1. The molecule has 0 saturated heterocycles. The second kappa shape index (κ2) is 5.28. The van der Waals surface area contributed by atoms with Gasteiger partial charge in [0.15, 0.2) is 0 Å². The summed E-state index contributed by atoms with van der Waals surface area (Å²) in [5.74, 6) is 1.10. The van der Waals surface area contributed by atoms with Gasteiger partial charge in [0.25, 0.3) is 0 Å². The Morgan fingerprint density at radius 2 is 1.95 bits per heavy atom. The molecule has 0 amide bonds. The SMILES string of the molecule is Cn1cc(Cn2c(CCl)nc3cc(Cl)c(Cl)cc32)cn1. The van der Waals surface area contributed by atoms with Gasteiger partial charge in [-0.2, -0.15) is 5.10 Å². The number of aromatic nitrogens is 4. The number of hydrogen-bond donors (Lipinski definition) is 0. The van der Waals surface area contributed by atoms with Gasteiger partial charge in [0.05, 0.1) is 39.7 Å². The zero-order valence-corrected chi connectivity index (χ0v) is 12.9. The first kappa shape index (κ1) is 13.7. The maximum absolute atomic E-state index is 6.10. The van der Waals surface area contributed by atoms with E-state index >= 15 is 0 Å². The summed E-state index contributed by atoms with van der Waals surface area (Å²) in [4.78, 5) is 4.50. The Morgan fingerprint density at radius 1 is 1.20 bits per heavy atom. The molecule has 20 heavy (non-hydrogen) atoms. The molecule has 7 heteroatoms. The van der Waals surface area contributed by atoms with Crippen LogP contribution in [0, 0.1) is 0 Å². The highest BCUT2D eigenvalue weighted by molar-refractivity contribution is 6.42. The van der Waals surface area contributed by atoms with Gasteiger partial charge in [-0.15, -0.1) is 11.6 Å². The standard InChI is InChI=1S/C13H11Cl3N4/c1-19-6-8(5-17-19)7-20-12-3-10(16)9(15)2-11(12)18-13(20)4-14/h2-3,5-6H,4,7H2,1H3. The van der Waals surface area contributed by atoms with Crippen LogP contribution in [-0.2, 0) is 19.5 Å². The minimum Gasteiger partial charge on any atom is -0.322 e. The fourth-order valence-electron chi connectivity index (χ4n) is 2.18. The highest BCUT2D eigenvalue weighted by Gasteiger charge is 2.13. The highest BCUT2D eigenvalue weighted by Crippen LogP contribution is 2.29. The van der Waals surface area contributed by atoms with Gasteiger partial charge in [-0.25, -0.2) is 4.98 Å². The smallest absolute Gasteiger partial charge is 0.125 e. The van der Waals surface area contributed by atoms with Crippen LogP contribution < -0.4 is 0 Å². The van der Waals surface area contributed by atoms with Crippen LogP contribution in [0.25, 0.3) is 11.0 Å². The molecule has 0 bridgehead atoms. The van der Waals surface area contributed by atoms with E-state index in [1.54, 1.807) is 10.7 Å². The quantitative estimate of drug-likeness (QED) is 0.684. The van der Waals surface area contributed by atoms with Crippen molar-refractivity contribution in [1.82, 2.24) is 19.3 Å². The van der Waals surface area contributed by atoms with Gasteiger partial charge in [0, 0.05) is 18.8 Å². The third-order valence-electron chi connectivity index (χ3n) is 3.09. The van der Waals surface area contributed by atoms with Crippen molar-refractivity contribution >= 4 is 45.8 Å². The van der Waals surface area contributed by atoms with Crippen molar-refractivity contribution < 1.29 is 0 Å². The van der Waals surface area contributed by atoms with E-state index in [2.05, 4.69) is 10.1 Å². The zero-order valence-electron chi connectivity index (χ0n) is 10.6. The van der Waals surface area contributed by atoms with Gasteiger partial charge in [-0.1, -0.05) is 23.2 Å². The average Bonchev–Trinajstić information content (AvgIpc) is 2.96. The summed E-state index contributed by atoms with van der Waals surface area (Å²) in [6.07, 6.45) is 3.78. The van der Waals surface area contributed by atoms with Crippen molar-refractivity contribution in [3.63, 3.8) is 0 Å². The van der Waals surface area contributed by atoms with Gasteiger partial charge >= 0.3 is 0 Å². The molecule has 0 aliphatic rings. The van der Waals surface area contributed by atoms with E-state index in [4.69, 9.17) is 34.8 Å². The minimum absolute atomic E-state index is 0.324. The van der Waals surface area contributed by atoms with Gasteiger partial charge in [0.1, 0.15) is 5.82 Å². The lowest BCUT2D eigenvalue weighted by atomic mass is 10.3. The molecule has 0 N–H and O–H groups in total. The largest absolute Gasteiger partial charge is 0.322 e. The number of halogens is 3. The van der Waals surface area contributed by atoms with Crippen molar-refractivity contribution in [1.29, 1.82) is 0 Å². The van der Waals surface area contributed by atoms with E-state index in [1.807, 2.05) is 30.1 Å². The monoisotopic (exact) mass is 328 g/mol. The molecule has 2 heterocycles. The first-order valence-corrected chi connectivity index (χ1v) is 7.25. The maximum atomic E-state index is 6.10. The van der Waals surface area contributed by atoms with Gasteiger partial charge in [-0.3, -0.25) is 4.68 Å². The molecule has 0 spiro atoms. The van der Waals surface area contributed by atoms with Gasteiger partial charge in [0.2, 0.25) is 0 Å². The van der Waals surface area contributed by atoms with Crippen LogP contribution in [-0.4, -0.2) is 19.3 Å². The molecule has 0 fully saturated rings. The van der Waals surface area contributed by atoms with Gasteiger partial charge < -0.3 is 4.57 Å². The third-order valence-corrected chi connectivity index (χ3v) is 4.05. The highest BCUT2D eigenvalue weighted by atomic mass is 35.5. The number of nitrogens with zero attached hydrogens (tertiary/aromatic N) is 4. The molecule has 0 aliphatic carbocycles. The van der Waals surface area contributed by atoms with Crippen LogP contribution in [0.4, 0.5) is 0 Å². The Bertz CT molecular complexity index is 775. The Kier molecular flexibility index (Phi) is 3.63. The number of aryl methyl sites for hydroxylation is 1. The van der Waals surface area contributed by atoms with Crippen LogP contribution in [0.15, 0.2) is 24.5 Å². The molecule has 3 rings (SSSR count). The van der Waals surface area contributed by atoms with E-state index in [9.17, 15) is 0 Å². The second-order valence-corrected chi connectivity index (χ2v) is 5.61. The number of hydrogen-bond acceptors (Lipinski definition) is 2. The molecular weight excluding hydrogens is 319 g/mol. The lowest BCUT2D eigenvalue weighted by Gasteiger charge is -2.06. The molecule has 1 aromatic carbocycles. The van der Waals surface area contributed by atoms with Crippen LogP contribution >= 0.6 is 34.8 Å². The number of alkyl halides is 1. The predicted octanol–water partition coefficient (Wildman–Crippen LogP) is 3.86. The minimum atomic E-state index is 0.324. The van der Waals surface area contributed by atoms with Gasteiger partial charge in [-0.05, 0) is 12.1 Å². The van der Waals surface area contributed by atoms with Crippen molar-refractivity contribution in [2.45, 2.75) is 12.4 Å². The summed E-state index contributed by atoms with van der Waals surface area (Å²) in [7, 11) is 1.88. The zero-order chi connectivity index (χ0) is 14.3. The number of imidazole rings is 1. The Balaban J connectivity index is 2.14. The molecule has 2 aromatic heterocycles. The first-order chi connectivity index (χ1) is 9.58. The van der Waals surface area contributed by atoms with Crippen LogP contribution in [0.2, 0.25) is 10.0 Å². The second-order valence-electron chi connectivity index (χ2n) is 4.53. The third kappa shape index (κ3) is 2.39. The summed E-state index contributed by atoms with van der Waals surface area (Å²) in [6.45, 7) is 0.643. The summed E-state index contributed by atoms with van der Waals surface area (Å²) in [5.41, 5.74) is 2.78. The van der Waals surface area contributed by atoms with E-state index in [-0.39, 0.29) is 0 Å². The van der Waals surface area contributed by atoms with E-state index in [0.717, 1.165) is 22.4 Å². The summed E-state index contributed by atoms with van der Waals surface area (Å²) in [5, 5.41) is 5.17. The molecule has 3 aromatic rings. The topological polar surface area (TPSA) is 35.6 Å². The van der Waals surface area contributed by atoms with E-state index in [1.165, 1.54) is 0 Å². The van der Waals surface area contributed by atoms with Crippen molar-refractivity contribution in [3.05, 3.63) is 46.0 Å². The molecule has 0 radical (unpaired) electrons. The van der Waals surface area contributed by atoms with Crippen molar-refractivity contribution in [3.8, 4) is 0 Å². The summed E-state index contributed by atoms with van der Waals surface area (Å²) >= 11 is 18.1. The first-order valence-electron chi connectivity index (χ1n) is 5.96. The van der Waals surface area contributed by atoms with E-state index in [0.29, 0.717) is 22.5 Å². The molecular formula is C13H11Cl3N4. The van der Waals surface area contributed by atoms with Crippen LogP contribution in [0.3, 0.4) is 0 Å². The Hall–Kier alpha value is -1.23. The normalized spacial score (nSPS) is 11.4. The number of fused-ring (bicyclic) bond motifs is 1. The molecule has 104 valence electrons. The van der Waals surface area contributed by atoms with Crippen molar-refractivity contribution in [2.75, 3.05) is 0 Å². The summed E-state index contributed by atoms with van der Waals surface area (Å²) < 4.78 is 3.79. The Morgan fingerprint density at radius 3 is 2.60 bits per heavy atom. The molecule has 0 aliphatic heterocycles. The molecule has 0 atom stereocenters.